The van der Waals surface area contributed by atoms with Gasteiger partial charge in [-0.15, -0.1) is 0 Å². The van der Waals surface area contributed by atoms with E-state index in [-0.39, 0.29) is 16.7 Å². The fourth-order valence-electron chi connectivity index (χ4n) is 4.82. The molecule has 0 saturated carbocycles. The molecule has 1 atom stereocenters. The van der Waals surface area contributed by atoms with Gasteiger partial charge in [0, 0.05) is 31.7 Å². The number of aliphatic hydroxyl groups excluding tert-OH is 1. The van der Waals surface area contributed by atoms with Crippen molar-refractivity contribution in [1.29, 1.82) is 0 Å². The van der Waals surface area contributed by atoms with Crippen LogP contribution in [0.15, 0.2) is 54.1 Å². The fraction of sp³-hybridized carbons (Fsp3) is 0.448. The van der Waals surface area contributed by atoms with E-state index in [9.17, 15) is 14.7 Å². The van der Waals surface area contributed by atoms with Crippen LogP contribution in [0.3, 0.4) is 0 Å². The lowest BCUT2D eigenvalue weighted by molar-refractivity contribution is -0.140. The third kappa shape index (κ3) is 5.47. The van der Waals surface area contributed by atoms with Crippen LogP contribution in [-0.2, 0) is 19.7 Å². The number of carbonyl (C=O) groups is 2. The lowest BCUT2D eigenvalue weighted by Gasteiger charge is -2.29. The summed E-state index contributed by atoms with van der Waals surface area (Å²) < 4.78 is 10.6. The second kappa shape index (κ2) is 10.8. The Labute approximate surface area is 213 Å². The maximum atomic E-state index is 13.3. The molecule has 0 bridgehead atoms. The van der Waals surface area contributed by atoms with Gasteiger partial charge in [-0.3, -0.25) is 14.5 Å². The second-order valence-corrected chi connectivity index (χ2v) is 10.4. The van der Waals surface area contributed by atoms with E-state index in [1.807, 2.05) is 24.3 Å². The quantitative estimate of drug-likeness (QED) is 0.356. The highest BCUT2D eigenvalue weighted by Gasteiger charge is 2.45. The Balaban J connectivity index is 1.68. The number of aliphatic hydroxyl groups is 1. The molecule has 0 aliphatic carbocycles. The van der Waals surface area contributed by atoms with E-state index in [1.54, 1.807) is 36.3 Å². The molecule has 2 saturated heterocycles. The van der Waals surface area contributed by atoms with Crippen molar-refractivity contribution in [3.63, 3.8) is 0 Å². The molecular weight excluding hydrogens is 456 g/mol. The molecule has 4 rings (SSSR count). The van der Waals surface area contributed by atoms with E-state index in [0.29, 0.717) is 31.1 Å². The summed E-state index contributed by atoms with van der Waals surface area (Å²) in [7, 11) is 1.57. The maximum Gasteiger partial charge on any atom is 0.295 e. The van der Waals surface area contributed by atoms with Gasteiger partial charge in [-0.1, -0.05) is 45.0 Å². The highest BCUT2D eigenvalue weighted by atomic mass is 16.5. The number of rotatable bonds is 7. The Morgan fingerprint density at radius 1 is 1.00 bits per heavy atom. The summed E-state index contributed by atoms with van der Waals surface area (Å²) in [5, 5.41) is 11.3. The average Bonchev–Trinajstić information content (AvgIpc) is 3.13. The molecule has 0 spiro atoms. The van der Waals surface area contributed by atoms with Crippen LogP contribution in [-0.4, -0.2) is 73.1 Å². The Morgan fingerprint density at radius 2 is 1.64 bits per heavy atom. The third-order valence-corrected chi connectivity index (χ3v) is 6.97. The molecular formula is C29H36N2O5. The number of ether oxygens (including phenoxy) is 2. The molecule has 2 aromatic carbocycles. The Hall–Kier alpha value is -3.16. The Morgan fingerprint density at radius 3 is 2.22 bits per heavy atom. The van der Waals surface area contributed by atoms with Crippen LogP contribution in [0, 0.1) is 0 Å². The molecule has 0 unspecified atom stereocenters. The first-order valence-corrected chi connectivity index (χ1v) is 12.5. The van der Waals surface area contributed by atoms with Crippen LogP contribution >= 0.6 is 0 Å². The number of carbonyl (C=O) groups excluding carboxylic acids is 2. The summed E-state index contributed by atoms with van der Waals surface area (Å²) in [5.41, 5.74) is 2.54. The summed E-state index contributed by atoms with van der Waals surface area (Å²) in [5.74, 6) is -0.752. The maximum absolute atomic E-state index is 13.3. The van der Waals surface area contributed by atoms with Crippen LogP contribution in [0.4, 0.5) is 0 Å². The molecule has 2 heterocycles. The minimum atomic E-state index is -0.653. The number of amides is 1. The van der Waals surface area contributed by atoms with Gasteiger partial charge in [0.1, 0.15) is 11.5 Å². The molecule has 2 aliphatic rings. The van der Waals surface area contributed by atoms with Gasteiger partial charge in [0.25, 0.3) is 11.7 Å². The minimum Gasteiger partial charge on any atom is -0.507 e. The average molecular weight is 493 g/mol. The van der Waals surface area contributed by atoms with Crippen molar-refractivity contribution in [2.24, 2.45) is 0 Å². The molecule has 1 amide bonds. The third-order valence-electron chi connectivity index (χ3n) is 6.97. The monoisotopic (exact) mass is 492 g/mol. The van der Waals surface area contributed by atoms with E-state index in [1.165, 1.54) is 0 Å². The van der Waals surface area contributed by atoms with Crippen molar-refractivity contribution in [3.8, 4) is 5.75 Å². The van der Waals surface area contributed by atoms with Gasteiger partial charge < -0.3 is 19.5 Å². The van der Waals surface area contributed by atoms with Crippen molar-refractivity contribution >= 4 is 17.4 Å². The zero-order valence-corrected chi connectivity index (χ0v) is 21.6. The van der Waals surface area contributed by atoms with Crippen molar-refractivity contribution in [3.05, 3.63) is 70.8 Å². The Bertz CT molecular complexity index is 1110. The second-order valence-electron chi connectivity index (χ2n) is 10.4. The van der Waals surface area contributed by atoms with Crippen LogP contribution in [0.2, 0.25) is 0 Å². The van der Waals surface area contributed by atoms with Gasteiger partial charge in [-0.05, 0) is 47.2 Å². The number of morpholine rings is 1. The van der Waals surface area contributed by atoms with E-state index in [4.69, 9.17) is 9.47 Å². The lowest BCUT2D eigenvalue weighted by Crippen LogP contribution is -2.39. The molecule has 0 radical (unpaired) electrons. The standard InChI is InChI=1S/C29H36N2O5/c1-29(2,3)22-10-6-20(7-11-22)25-24(26(32)21-8-12-23(35-4)13-9-21)27(33)28(34)31(25)15-5-14-30-16-18-36-19-17-30/h6-13,25,32H,5,14-19H2,1-4H3/b26-24+/t25-/m1/s1. The highest BCUT2D eigenvalue weighted by Crippen LogP contribution is 2.40. The number of ketones is 1. The first-order valence-electron chi connectivity index (χ1n) is 12.5. The Kier molecular flexibility index (Phi) is 7.81. The molecule has 1 N–H and O–H groups in total. The molecule has 0 aromatic heterocycles. The van der Waals surface area contributed by atoms with Crippen molar-refractivity contribution in [2.45, 2.75) is 38.6 Å². The molecule has 36 heavy (non-hydrogen) atoms. The first kappa shape index (κ1) is 25.9. The molecule has 7 heteroatoms. The topological polar surface area (TPSA) is 79.3 Å². The SMILES string of the molecule is COc1ccc(/C(O)=C2\C(=O)C(=O)N(CCCN3CCOCC3)[C@@H]2c2ccc(C(C)(C)C)cc2)cc1. The van der Waals surface area contributed by atoms with Crippen LogP contribution in [0.5, 0.6) is 5.75 Å². The minimum absolute atomic E-state index is 0.0262. The number of hydrogen-bond donors (Lipinski definition) is 1. The van der Waals surface area contributed by atoms with Crippen molar-refractivity contribution in [1.82, 2.24) is 9.80 Å². The molecule has 2 fully saturated rings. The smallest absolute Gasteiger partial charge is 0.295 e. The van der Waals surface area contributed by atoms with Crippen molar-refractivity contribution < 1.29 is 24.2 Å². The van der Waals surface area contributed by atoms with E-state index >= 15 is 0 Å². The van der Waals surface area contributed by atoms with Crippen LogP contribution < -0.4 is 4.74 Å². The number of hydrogen-bond acceptors (Lipinski definition) is 6. The van der Waals surface area contributed by atoms with Gasteiger partial charge in [0.2, 0.25) is 0 Å². The van der Waals surface area contributed by atoms with Crippen LogP contribution in [0.1, 0.15) is 49.9 Å². The summed E-state index contributed by atoms with van der Waals surface area (Å²) in [6, 6.07) is 14.2. The predicted molar refractivity (Wildman–Crippen MR) is 139 cm³/mol. The van der Waals surface area contributed by atoms with Gasteiger partial charge >= 0.3 is 0 Å². The number of likely N-dealkylation sites (tertiary alicyclic amines) is 1. The van der Waals surface area contributed by atoms with Gasteiger partial charge in [-0.2, -0.15) is 0 Å². The molecule has 2 aliphatic heterocycles. The van der Waals surface area contributed by atoms with Gasteiger partial charge in [0.05, 0.1) is 31.9 Å². The summed E-state index contributed by atoms with van der Waals surface area (Å²) in [4.78, 5) is 30.4. The van der Waals surface area contributed by atoms with E-state index in [2.05, 4.69) is 25.7 Å². The van der Waals surface area contributed by atoms with Gasteiger partial charge in [0.15, 0.2) is 0 Å². The number of methoxy groups -OCH3 is 1. The molecule has 192 valence electrons. The lowest BCUT2D eigenvalue weighted by atomic mass is 9.85. The zero-order chi connectivity index (χ0) is 25.9. The largest absolute Gasteiger partial charge is 0.507 e. The van der Waals surface area contributed by atoms with Gasteiger partial charge in [-0.25, -0.2) is 0 Å². The highest BCUT2D eigenvalue weighted by molar-refractivity contribution is 6.46. The number of Topliss-reactive ketones (excluding diaryl/α,β-unsaturated/α-hetero) is 1. The summed E-state index contributed by atoms with van der Waals surface area (Å²) in [6.07, 6.45) is 0.728. The van der Waals surface area contributed by atoms with E-state index < -0.39 is 17.7 Å². The molecule has 2 aromatic rings. The number of benzene rings is 2. The fourth-order valence-corrected chi connectivity index (χ4v) is 4.82. The summed E-state index contributed by atoms with van der Waals surface area (Å²) in [6.45, 7) is 10.8. The first-order chi connectivity index (χ1) is 17.2. The van der Waals surface area contributed by atoms with Crippen molar-refractivity contribution in [2.75, 3.05) is 46.5 Å². The van der Waals surface area contributed by atoms with E-state index in [0.717, 1.165) is 37.2 Å². The van der Waals surface area contributed by atoms with Crippen LogP contribution in [0.25, 0.3) is 5.76 Å². The number of nitrogens with zero attached hydrogens (tertiary/aromatic N) is 2. The normalized spacial score (nSPS) is 20.7. The molecule has 7 nitrogen and oxygen atoms in total. The zero-order valence-electron chi connectivity index (χ0n) is 21.6. The summed E-state index contributed by atoms with van der Waals surface area (Å²) >= 11 is 0. The predicted octanol–water partition coefficient (Wildman–Crippen LogP) is 4.14.